The monoisotopic (exact) mass is 175 g/mol. The van der Waals surface area contributed by atoms with E-state index in [4.69, 9.17) is 0 Å². The predicted octanol–water partition coefficient (Wildman–Crippen LogP) is -0.923. The summed E-state index contributed by atoms with van der Waals surface area (Å²) in [5, 5.41) is 9.26. The van der Waals surface area contributed by atoms with Crippen LogP contribution in [0.3, 0.4) is 0 Å². The first-order valence-electron chi connectivity index (χ1n) is 4.53. The fourth-order valence-electron chi connectivity index (χ4n) is 0.530. The van der Waals surface area contributed by atoms with Crippen molar-refractivity contribution in [3.05, 3.63) is 0 Å². The van der Waals surface area contributed by atoms with E-state index in [0.717, 1.165) is 0 Å². The summed E-state index contributed by atoms with van der Waals surface area (Å²) in [5.74, 6) is -0.995. The molecule has 0 rings (SSSR count). The van der Waals surface area contributed by atoms with E-state index in [9.17, 15) is 9.90 Å². The van der Waals surface area contributed by atoms with Gasteiger partial charge in [-0.3, -0.25) is 0 Å². The third-order valence-corrected chi connectivity index (χ3v) is 1.32. The van der Waals surface area contributed by atoms with Gasteiger partial charge in [-0.05, 0) is 12.8 Å². The zero-order valence-corrected chi connectivity index (χ0v) is 8.64. The number of hydrogen-bond donors (Lipinski definition) is 1. The Balaban J connectivity index is 0. The van der Waals surface area contributed by atoms with E-state index >= 15 is 0 Å². The first-order valence-corrected chi connectivity index (χ1v) is 4.53. The number of quaternary nitrogens is 1. The van der Waals surface area contributed by atoms with Crippen LogP contribution in [-0.4, -0.2) is 26.6 Å². The largest absolute Gasteiger partial charge is 0.550 e. The lowest BCUT2D eigenvalue weighted by molar-refractivity contribution is -0.858. The molecular weight excluding hydrogens is 154 g/mol. The van der Waals surface area contributed by atoms with Gasteiger partial charge >= 0.3 is 0 Å². The number of carboxylic acids is 1. The Labute approximate surface area is 75.4 Å². The van der Waals surface area contributed by atoms with Crippen LogP contribution in [-0.2, 0) is 4.79 Å². The van der Waals surface area contributed by atoms with Crippen molar-refractivity contribution >= 4 is 5.97 Å². The highest BCUT2D eigenvalue weighted by atomic mass is 16.4. The summed E-state index contributed by atoms with van der Waals surface area (Å²) in [6, 6.07) is 0. The lowest BCUT2D eigenvalue weighted by Gasteiger charge is -2.03. The molecule has 0 aromatic rings. The zero-order valence-electron chi connectivity index (χ0n) is 8.64. The summed E-state index contributed by atoms with van der Waals surface area (Å²) < 4.78 is 0. The number of carbonyl (C=O) groups excluding carboxylic acids is 1. The van der Waals surface area contributed by atoms with Crippen molar-refractivity contribution in [2.75, 3.05) is 20.6 Å². The van der Waals surface area contributed by atoms with Gasteiger partial charge in [0.2, 0.25) is 0 Å². The van der Waals surface area contributed by atoms with E-state index in [-0.39, 0.29) is 6.42 Å². The lowest BCUT2D eigenvalue weighted by Crippen LogP contribution is -3.05. The predicted molar refractivity (Wildman–Crippen MR) is 47.9 cm³/mol. The van der Waals surface area contributed by atoms with Gasteiger partial charge in [-0.15, -0.1) is 0 Å². The molecule has 1 N–H and O–H groups in total. The van der Waals surface area contributed by atoms with E-state index in [1.807, 2.05) is 0 Å². The van der Waals surface area contributed by atoms with Crippen LogP contribution in [0.15, 0.2) is 0 Å². The average Bonchev–Trinajstić information content (AvgIpc) is 2.02. The van der Waals surface area contributed by atoms with Crippen molar-refractivity contribution in [3.8, 4) is 0 Å². The molecule has 0 aliphatic heterocycles. The summed E-state index contributed by atoms with van der Waals surface area (Å²) >= 11 is 0. The fraction of sp³-hybridized carbons (Fsp3) is 0.889. The first-order chi connectivity index (χ1) is 5.54. The van der Waals surface area contributed by atoms with E-state index < -0.39 is 5.97 Å². The minimum absolute atomic E-state index is 0.111. The third kappa shape index (κ3) is 22.7. The molecule has 0 aromatic carbocycles. The Morgan fingerprint density at radius 2 is 1.75 bits per heavy atom. The second kappa shape index (κ2) is 10.4. The van der Waals surface area contributed by atoms with E-state index in [1.165, 1.54) is 26.3 Å². The van der Waals surface area contributed by atoms with Crippen LogP contribution in [0.4, 0.5) is 0 Å². The van der Waals surface area contributed by atoms with Gasteiger partial charge in [-0.25, -0.2) is 0 Å². The highest BCUT2D eigenvalue weighted by Crippen LogP contribution is 1.77. The van der Waals surface area contributed by atoms with Crippen LogP contribution in [0.25, 0.3) is 0 Å². The topological polar surface area (TPSA) is 44.6 Å². The van der Waals surface area contributed by atoms with Crippen LogP contribution >= 0.6 is 0 Å². The first kappa shape index (κ1) is 14.0. The Morgan fingerprint density at radius 1 is 1.33 bits per heavy atom. The number of unbranched alkanes of at least 4 members (excludes halogenated alkanes) is 1. The van der Waals surface area contributed by atoms with Gasteiger partial charge in [0.25, 0.3) is 0 Å². The highest BCUT2D eigenvalue weighted by molar-refractivity contribution is 5.63. The summed E-state index contributed by atoms with van der Waals surface area (Å²) in [5.41, 5.74) is 0. The second-order valence-electron chi connectivity index (χ2n) is 3.04. The molecule has 0 saturated heterocycles. The van der Waals surface area contributed by atoms with E-state index in [2.05, 4.69) is 21.0 Å². The molecule has 12 heavy (non-hydrogen) atoms. The number of aliphatic carboxylic acids is 1. The molecule has 0 bridgehead atoms. The third-order valence-electron chi connectivity index (χ3n) is 1.32. The van der Waals surface area contributed by atoms with Crippen molar-refractivity contribution < 1.29 is 14.8 Å². The number of hydrogen-bond acceptors (Lipinski definition) is 2. The Bertz CT molecular complexity index is 103. The molecular formula is C9H21NO2. The van der Waals surface area contributed by atoms with Gasteiger partial charge in [0, 0.05) is 5.97 Å². The van der Waals surface area contributed by atoms with Crippen molar-refractivity contribution in [2.24, 2.45) is 0 Å². The summed E-state index contributed by atoms with van der Waals surface area (Å²) in [6.07, 6.45) is 2.80. The van der Waals surface area contributed by atoms with Crippen LogP contribution < -0.4 is 10.0 Å². The summed E-state index contributed by atoms with van der Waals surface area (Å²) in [4.78, 5) is 10.8. The van der Waals surface area contributed by atoms with Crippen LogP contribution in [0.5, 0.6) is 0 Å². The van der Waals surface area contributed by atoms with Gasteiger partial charge in [-0.2, -0.15) is 0 Å². The number of carboxylic acid groups (broad SMARTS) is 1. The van der Waals surface area contributed by atoms with Crippen molar-refractivity contribution in [3.63, 3.8) is 0 Å². The van der Waals surface area contributed by atoms with Crippen molar-refractivity contribution in [2.45, 2.75) is 33.1 Å². The maximum atomic E-state index is 9.26. The molecule has 0 heterocycles. The minimum Gasteiger partial charge on any atom is -0.550 e. The van der Waals surface area contributed by atoms with E-state index in [0.29, 0.717) is 0 Å². The molecule has 0 spiro atoms. The minimum atomic E-state index is -0.995. The maximum absolute atomic E-state index is 9.26. The normalized spacial score (nSPS) is 9.08. The van der Waals surface area contributed by atoms with Crippen molar-refractivity contribution in [1.82, 2.24) is 0 Å². The van der Waals surface area contributed by atoms with E-state index in [1.54, 1.807) is 4.90 Å². The standard InChI is InChI=1S/C6H15N.C3H6O2/c1-4-5-6-7(2)3;1-2-3(4)5/h4-6H2,1-3H3;2H2,1H3,(H,4,5). The molecule has 0 aliphatic rings. The van der Waals surface area contributed by atoms with Gasteiger partial charge in [0.05, 0.1) is 20.6 Å². The zero-order chi connectivity index (χ0) is 9.98. The maximum Gasteiger partial charge on any atom is 0.0766 e. The van der Waals surface area contributed by atoms with Crippen LogP contribution in [0.2, 0.25) is 0 Å². The molecule has 0 atom stereocenters. The van der Waals surface area contributed by atoms with Gasteiger partial charge in [0.15, 0.2) is 0 Å². The van der Waals surface area contributed by atoms with Crippen molar-refractivity contribution in [1.29, 1.82) is 0 Å². The Hall–Kier alpha value is -0.570. The molecule has 0 aromatic heterocycles. The average molecular weight is 175 g/mol. The number of carbonyl (C=O) groups is 1. The van der Waals surface area contributed by atoms with Crippen LogP contribution in [0, 0.1) is 0 Å². The quantitative estimate of drug-likeness (QED) is 0.600. The molecule has 0 unspecified atom stereocenters. The molecule has 0 saturated carbocycles. The molecule has 0 aliphatic carbocycles. The fourth-order valence-corrected chi connectivity index (χ4v) is 0.530. The SMILES string of the molecule is CCC(=O)[O-].CCCC[NH+](C)C. The summed E-state index contributed by atoms with van der Waals surface area (Å²) in [6.45, 7) is 5.08. The van der Waals surface area contributed by atoms with Gasteiger partial charge in [0.1, 0.15) is 0 Å². The Kier molecular flexibility index (Phi) is 12.2. The molecule has 3 nitrogen and oxygen atoms in total. The molecule has 0 fully saturated rings. The highest BCUT2D eigenvalue weighted by Gasteiger charge is 1.87. The number of rotatable bonds is 4. The smallest absolute Gasteiger partial charge is 0.0766 e. The van der Waals surface area contributed by atoms with Gasteiger partial charge in [-0.1, -0.05) is 20.3 Å². The van der Waals surface area contributed by atoms with Gasteiger partial charge < -0.3 is 14.8 Å². The molecule has 3 heteroatoms. The second-order valence-corrected chi connectivity index (χ2v) is 3.04. The summed E-state index contributed by atoms with van der Waals surface area (Å²) in [7, 11) is 4.38. The molecule has 0 amide bonds. The molecule has 74 valence electrons. The lowest BCUT2D eigenvalue weighted by atomic mass is 10.3. The van der Waals surface area contributed by atoms with Crippen LogP contribution in [0.1, 0.15) is 33.1 Å². The molecule has 0 radical (unpaired) electrons. The Morgan fingerprint density at radius 3 is 1.83 bits per heavy atom. The number of nitrogens with one attached hydrogen (secondary N) is 1.